The molecular formula is C5H3F6NaO2. The third-order valence-electron chi connectivity index (χ3n) is 0.953. The monoisotopic (exact) mass is 232 g/mol. The first kappa shape index (κ1) is 16.4. The van der Waals surface area contributed by atoms with Crippen molar-refractivity contribution in [2.75, 3.05) is 0 Å². The molecule has 0 aromatic heterocycles. The smallest absolute Gasteiger partial charge is 1.00 e. The molecule has 0 aliphatic heterocycles. The molecule has 0 amide bonds. The van der Waals surface area contributed by atoms with Crippen LogP contribution < -0.4 is 29.6 Å². The fourth-order valence-corrected chi connectivity index (χ4v) is 0.346. The second-order valence-electron chi connectivity index (χ2n) is 2.02. The first-order valence-electron chi connectivity index (χ1n) is 2.75. The molecule has 9 heteroatoms. The van der Waals surface area contributed by atoms with Gasteiger partial charge in [0, 0.05) is 0 Å². The van der Waals surface area contributed by atoms with E-state index in [2.05, 4.69) is 0 Å². The molecule has 0 atom stereocenters. The van der Waals surface area contributed by atoms with Gasteiger partial charge in [0.2, 0.25) is 11.6 Å². The fourth-order valence-electron chi connectivity index (χ4n) is 0.346. The predicted molar refractivity (Wildman–Crippen MR) is 27.9 cm³/mol. The summed E-state index contributed by atoms with van der Waals surface area (Å²) in [5.41, 5.74) is 0. The molecule has 0 heterocycles. The van der Waals surface area contributed by atoms with Crippen molar-refractivity contribution in [3.8, 4) is 0 Å². The molecule has 2 nitrogen and oxygen atoms in total. The zero-order chi connectivity index (χ0) is 10.9. The van der Waals surface area contributed by atoms with E-state index in [0.29, 0.717) is 0 Å². The summed E-state index contributed by atoms with van der Waals surface area (Å²) < 4.78 is 68.0. The van der Waals surface area contributed by atoms with E-state index < -0.39 is 30.3 Å². The van der Waals surface area contributed by atoms with E-state index in [1.165, 1.54) is 0 Å². The third kappa shape index (κ3) is 5.61. The van der Waals surface area contributed by atoms with Crippen molar-refractivity contribution in [1.82, 2.24) is 0 Å². The largest absolute Gasteiger partial charge is 1.00 e. The first-order valence-corrected chi connectivity index (χ1v) is 2.75. The molecule has 78 valence electrons. The van der Waals surface area contributed by atoms with Crippen LogP contribution in [0.3, 0.4) is 0 Å². The summed E-state index contributed by atoms with van der Waals surface area (Å²) in [5, 5.41) is 0. The van der Waals surface area contributed by atoms with Crippen LogP contribution in [0.4, 0.5) is 26.3 Å². The summed E-state index contributed by atoms with van der Waals surface area (Å²) in [5.74, 6) is -5.40. The van der Waals surface area contributed by atoms with Crippen LogP contribution in [0, 0.1) is 0 Å². The van der Waals surface area contributed by atoms with E-state index in [0.717, 1.165) is 0 Å². The van der Waals surface area contributed by atoms with Crippen LogP contribution in [0.15, 0.2) is 0 Å². The van der Waals surface area contributed by atoms with Gasteiger partial charge < -0.3 is 1.43 Å². The molecule has 0 saturated carbocycles. The molecule has 0 fully saturated rings. The Hall–Kier alpha value is -0.0800. The average molecular weight is 232 g/mol. The Bertz CT molecular complexity index is 211. The van der Waals surface area contributed by atoms with Gasteiger partial charge in [0.25, 0.3) is 0 Å². The molecule has 0 N–H and O–H groups in total. The maximum absolute atomic E-state index is 11.3. The fraction of sp³-hybridized carbons (Fsp3) is 0.600. The van der Waals surface area contributed by atoms with Crippen molar-refractivity contribution >= 4 is 11.6 Å². The maximum Gasteiger partial charge on any atom is 1.00 e. The number of Topliss-reactive ketones (excluding diaryl/α,β-unsaturated/α-hetero) is 2. The predicted octanol–water partition coefficient (Wildman–Crippen LogP) is -1.24. The van der Waals surface area contributed by atoms with Crippen LogP contribution in [0.1, 0.15) is 7.85 Å². The van der Waals surface area contributed by atoms with Crippen molar-refractivity contribution in [2.24, 2.45) is 0 Å². The third-order valence-corrected chi connectivity index (χ3v) is 0.953. The van der Waals surface area contributed by atoms with Gasteiger partial charge in [-0.2, -0.15) is 26.3 Å². The van der Waals surface area contributed by atoms with Crippen molar-refractivity contribution < 1.29 is 66.9 Å². The van der Waals surface area contributed by atoms with Gasteiger partial charge in [0.15, 0.2) is 0 Å². The number of alkyl halides is 6. The van der Waals surface area contributed by atoms with Gasteiger partial charge in [-0.25, -0.2) is 0 Å². The Morgan fingerprint density at radius 2 is 1.07 bits per heavy atom. The molecule has 0 spiro atoms. The van der Waals surface area contributed by atoms with E-state index in [9.17, 15) is 35.9 Å². The molecule has 14 heavy (non-hydrogen) atoms. The average Bonchev–Trinajstić information content (AvgIpc) is 1.82. The standard InChI is InChI=1S/C5H2F6O2.Na.H/c6-4(7,8)2(12)1-3(13)5(9,10)11;;/h1H2;;/q;+1;-1. The molecule has 0 radical (unpaired) electrons. The molecule has 0 saturated heterocycles. The molecule has 0 aromatic rings. The van der Waals surface area contributed by atoms with Crippen molar-refractivity contribution in [3.63, 3.8) is 0 Å². The van der Waals surface area contributed by atoms with Crippen LogP contribution in [0.2, 0.25) is 0 Å². The maximum atomic E-state index is 11.3. The molecule has 0 rings (SSSR count). The number of hydrogen-bond acceptors (Lipinski definition) is 2. The van der Waals surface area contributed by atoms with Crippen LogP contribution in [0.5, 0.6) is 0 Å². The molecule has 0 aliphatic carbocycles. The number of halogens is 6. The van der Waals surface area contributed by atoms with Crippen LogP contribution in [-0.4, -0.2) is 23.9 Å². The number of ketones is 2. The summed E-state index contributed by atoms with van der Waals surface area (Å²) in [6.45, 7) is 0. The zero-order valence-electron chi connectivity index (χ0n) is 7.79. The Morgan fingerprint density at radius 3 is 1.21 bits per heavy atom. The number of rotatable bonds is 2. The van der Waals surface area contributed by atoms with Crippen LogP contribution in [0.25, 0.3) is 0 Å². The second-order valence-corrected chi connectivity index (χ2v) is 2.02. The van der Waals surface area contributed by atoms with E-state index in [1.54, 1.807) is 0 Å². The summed E-state index contributed by atoms with van der Waals surface area (Å²) in [4.78, 5) is 19.8. The van der Waals surface area contributed by atoms with E-state index >= 15 is 0 Å². The van der Waals surface area contributed by atoms with Crippen molar-refractivity contribution in [3.05, 3.63) is 0 Å². The first-order chi connectivity index (χ1) is 5.55. The summed E-state index contributed by atoms with van der Waals surface area (Å²) in [6.07, 6.45) is -13.0. The van der Waals surface area contributed by atoms with Crippen molar-refractivity contribution in [1.29, 1.82) is 0 Å². The SMILES string of the molecule is O=C(CC(=O)C(F)(F)F)C(F)(F)F.[H-].[Na+]. The quantitative estimate of drug-likeness (QED) is 0.339. The van der Waals surface area contributed by atoms with Gasteiger partial charge in [0.05, 0.1) is 6.42 Å². The normalized spacial score (nSPS) is 11.9. The minimum atomic E-state index is -5.40. The Balaban J connectivity index is -0.000000720. The molecular weight excluding hydrogens is 229 g/mol. The van der Waals surface area contributed by atoms with Gasteiger partial charge in [-0.15, -0.1) is 0 Å². The number of carbonyl (C=O) groups is 2. The van der Waals surface area contributed by atoms with E-state index in [4.69, 9.17) is 0 Å². The molecule has 0 aliphatic rings. The molecule has 0 aromatic carbocycles. The summed E-state index contributed by atoms with van der Waals surface area (Å²) in [7, 11) is 0. The minimum Gasteiger partial charge on any atom is -1.00 e. The van der Waals surface area contributed by atoms with Crippen LogP contribution in [-0.2, 0) is 9.59 Å². The topological polar surface area (TPSA) is 34.1 Å². The van der Waals surface area contributed by atoms with Crippen LogP contribution >= 0.6 is 0 Å². The van der Waals surface area contributed by atoms with Gasteiger partial charge in [-0.3, -0.25) is 9.59 Å². The minimum absolute atomic E-state index is 0. The van der Waals surface area contributed by atoms with E-state index in [1.807, 2.05) is 0 Å². The second kappa shape index (κ2) is 5.13. The number of carbonyl (C=O) groups excluding carboxylic acids is 2. The van der Waals surface area contributed by atoms with Gasteiger partial charge in [-0.05, 0) is 0 Å². The Kier molecular flexibility index (Phi) is 5.99. The summed E-state index contributed by atoms with van der Waals surface area (Å²) in [6, 6.07) is 0. The zero-order valence-corrected chi connectivity index (χ0v) is 8.79. The number of hydrogen-bond donors (Lipinski definition) is 0. The van der Waals surface area contributed by atoms with Crippen molar-refractivity contribution in [2.45, 2.75) is 18.8 Å². The molecule has 0 bridgehead atoms. The molecule has 0 unspecified atom stereocenters. The summed E-state index contributed by atoms with van der Waals surface area (Å²) >= 11 is 0. The van der Waals surface area contributed by atoms with Gasteiger partial charge in [-0.1, -0.05) is 0 Å². The Labute approximate surface area is 97.4 Å². The van der Waals surface area contributed by atoms with Gasteiger partial charge >= 0.3 is 41.9 Å². The Morgan fingerprint density at radius 1 is 0.857 bits per heavy atom. The van der Waals surface area contributed by atoms with E-state index in [-0.39, 0.29) is 31.0 Å². The van der Waals surface area contributed by atoms with Gasteiger partial charge in [0.1, 0.15) is 0 Å².